The van der Waals surface area contributed by atoms with E-state index in [9.17, 15) is 0 Å². The van der Waals surface area contributed by atoms with Gasteiger partial charge in [-0.25, -0.2) is 0 Å². The molecular formula is H6N2NaO. The fraction of sp³-hybridized carbons (Fsp3) is 0. The van der Waals surface area contributed by atoms with Crippen molar-refractivity contribution in [3.8, 4) is 0 Å². The third-order valence-corrected chi connectivity index (χ3v) is 0. The first-order valence-electron chi connectivity index (χ1n) is 0.408. The van der Waals surface area contributed by atoms with Crippen molar-refractivity contribution in [3.05, 3.63) is 0 Å². The van der Waals surface area contributed by atoms with Crippen LogP contribution in [-0.2, 0) is 0 Å². The van der Waals surface area contributed by atoms with E-state index in [0.29, 0.717) is 0 Å². The second kappa shape index (κ2) is 41.6. The van der Waals surface area contributed by atoms with Crippen molar-refractivity contribution in [2.75, 3.05) is 0 Å². The van der Waals surface area contributed by atoms with Crippen molar-refractivity contribution < 1.29 is 11.3 Å². The smallest absolute Gasteiger partial charge is 0 e. The summed E-state index contributed by atoms with van der Waals surface area (Å²) in [5.41, 5.74) is 0. The molecule has 0 bridgehead atoms. The Morgan fingerprint density at radius 1 is 1.25 bits per heavy atom. The molecule has 4 heavy (non-hydrogen) atoms. The van der Waals surface area contributed by atoms with E-state index in [1.54, 1.807) is 0 Å². The van der Waals surface area contributed by atoms with Crippen LogP contribution in [0.3, 0.4) is 0 Å². The fourth-order valence-electron chi connectivity index (χ4n) is 0. The van der Waals surface area contributed by atoms with Gasteiger partial charge in [0.05, 0.1) is 0 Å². The first kappa shape index (κ1) is 20.8. The Morgan fingerprint density at radius 3 is 1.25 bits per heavy atom. The molecule has 23 valence electrons. The Kier molecular flexibility index (Phi) is 216. The molecule has 0 aromatic heterocycles. The zero-order valence-corrected chi connectivity index (χ0v) is 4.73. The summed E-state index contributed by atoms with van der Waals surface area (Å²) in [6.45, 7) is 0. The molecule has 1 radical (unpaired) electrons. The average Bonchev–Trinajstić information content (AvgIpc) is 1.00. The van der Waals surface area contributed by atoms with E-state index in [4.69, 9.17) is 0 Å². The van der Waals surface area contributed by atoms with Crippen LogP contribution in [0.4, 0.5) is 0 Å². The van der Waals surface area contributed by atoms with E-state index in [-0.39, 0.29) is 35.0 Å². The van der Waals surface area contributed by atoms with Gasteiger partial charge in [0.2, 0.25) is 0 Å². The molecule has 0 aliphatic rings. The van der Waals surface area contributed by atoms with E-state index in [2.05, 4.69) is 11.7 Å². The number of nitrogens with two attached hydrogens (primary N) is 1. The van der Waals surface area contributed by atoms with Gasteiger partial charge in [0, 0.05) is 29.6 Å². The molecule has 0 aliphatic carbocycles. The zero-order chi connectivity index (χ0) is 2.00. The number of hydrogen-bond acceptors (Lipinski definition) is 2. The van der Waals surface area contributed by atoms with Crippen LogP contribution in [0.15, 0.2) is 0 Å². The van der Waals surface area contributed by atoms with Gasteiger partial charge in [-0.2, -0.15) is 5.84 Å². The Bertz CT molecular complexity index is 6.00. The minimum atomic E-state index is 0. The van der Waals surface area contributed by atoms with Gasteiger partial charge in [-0.05, 0) is 0 Å². The van der Waals surface area contributed by atoms with Gasteiger partial charge in [0.25, 0.3) is 0 Å². The Labute approximate surface area is 46.9 Å². The second-order valence-corrected chi connectivity index (χ2v) is 0. The van der Waals surface area contributed by atoms with E-state index in [1.165, 1.54) is 0 Å². The Balaban J connectivity index is -0.00000000500. The molecule has 0 aromatic carbocycles. The van der Waals surface area contributed by atoms with E-state index >= 15 is 0 Å². The Morgan fingerprint density at radius 2 is 1.25 bits per heavy atom. The summed E-state index contributed by atoms with van der Waals surface area (Å²) in [7, 11) is 0. The van der Waals surface area contributed by atoms with Gasteiger partial charge in [0.15, 0.2) is 0 Å². The SMILES string of the molecule is N[NH3+].[Na].[OH-]. The maximum atomic E-state index is 4.25. The molecule has 3 nitrogen and oxygen atoms in total. The number of hydrogen-bond donors (Lipinski definition) is 2. The summed E-state index contributed by atoms with van der Waals surface area (Å²) >= 11 is 0. The first-order valence-corrected chi connectivity index (χ1v) is 0.408. The van der Waals surface area contributed by atoms with Crippen molar-refractivity contribution >= 4 is 29.6 Å². The van der Waals surface area contributed by atoms with E-state index in [1.807, 2.05) is 0 Å². The van der Waals surface area contributed by atoms with Crippen molar-refractivity contribution in [3.63, 3.8) is 0 Å². The zero-order valence-electron chi connectivity index (χ0n) is 2.73. The molecule has 0 unspecified atom stereocenters. The van der Waals surface area contributed by atoms with Gasteiger partial charge >= 0.3 is 0 Å². The van der Waals surface area contributed by atoms with Crippen LogP contribution < -0.4 is 11.7 Å². The molecule has 0 fully saturated rings. The van der Waals surface area contributed by atoms with Crippen LogP contribution in [-0.4, -0.2) is 35.0 Å². The second-order valence-electron chi connectivity index (χ2n) is 0. The largest absolute Gasteiger partial charge is 0.870 e. The quantitative estimate of drug-likeness (QED) is 0.189. The summed E-state index contributed by atoms with van der Waals surface area (Å²) in [6, 6.07) is 0. The van der Waals surface area contributed by atoms with Crippen LogP contribution in [0.1, 0.15) is 0 Å². The molecule has 0 atom stereocenters. The molecule has 0 saturated heterocycles. The minimum Gasteiger partial charge on any atom is -0.870 e. The molecule has 0 saturated carbocycles. The minimum absolute atomic E-state index is 0. The normalized spacial score (nSPS) is 1.50. The standard InChI is InChI=1S/H4N2.Na.H2O/c1-2;;/h1-2H2;;1H2. The van der Waals surface area contributed by atoms with Crippen LogP contribution in [0.2, 0.25) is 0 Å². The summed E-state index contributed by atoms with van der Waals surface area (Å²) in [5, 5.41) is 0. The monoisotopic (exact) mass is 73.0 g/mol. The van der Waals surface area contributed by atoms with Crippen molar-refractivity contribution in [1.82, 2.24) is 0 Å². The van der Waals surface area contributed by atoms with Crippen LogP contribution >= 0.6 is 0 Å². The van der Waals surface area contributed by atoms with Crippen LogP contribution in [0, 0.1) is 0 Å². The van der Waals surface area contributed by atoms with Gasteiger partial charge in [-0.15, -0.1) is 0 Å². The van der Waals surface area contributed by atoms with Gasteiger partial charge < -0.3 is 5.48 Å². The summed E-state index contributed by atoms with van der Waals surface area (Å²) in [4.78, 5) is 0. The third-order valence-electron chi connectivity index (χ3n) is 0. The maximum Gasteiger partial charge on any atom is 0 e. The molecule has 0 rings (SSSR count). The van der Waals surface area contributed by atoms with Crippen molar-refractivity contribution in [1.29, 1.82) is 0 Å². The van der Waals surface area contributed by atoms with E-state index in [0.717, 1.165) is 0 Å². The van der Waals surface area contributed by atoms with Crippen LogP contribution in [0.5, 0.6) is 0 Å². The Hall–Kier alpha value is 0.880. The molecule has 0 spiro atoms. The third kappa shape index (κ3) is 13.1. The maximum absolute atomic E-state index is 4.25. The molecule has 0 heterocycles. The van der Waals surface area contributed by atoms with Crippen molar-refractivity contribution in [2.24, 2.45) is 5.84 Å². The van der Waals surface area contributed by atoms with Crippen LogP contribution in [0.25, 0.3) is 0 Å². The molecule has 0 aromatic rings. The number of quaternary nitrogens is 1. The number of rotatable bonds is 0. The van der Waals surface area contributed by atoms with Gasteiger partial charge in [-0.3, -0.25) is 5.84 Å². The van der Waals surface area contributed by atoms with Gasteiger partial charge in [-0.1, -0.05) is 0 Å². The first-order chi connectivity index (χ1) is 1.00. The van der Waals surface area contributed by atoms with E-state index < -0.39 is 0 Å². The fourth-order valence-corrected chi connectivity index (χ4v) is 0. The average molecular weight is 73.1 g/mol. The summed E-state index contributed by atoms with van der Waals surface area (Å²) < 4.78 is 0. The summed E-state index contributed by atoms with van der Waals surface area (Å²) in [5.74, 6) is 7.00. The molecule has 4 heteroatoms. The molecular weight excluding hydrogens is 67.0 g/mol. The van der Waals surface area contributed by atoms with Crippen molar-refractivity contribution in [2.45, 2.75) is 0 Å². The predicted molar refractivity (Wildman–Crippen MR) is 14.8 cm³/mol. The molecule has 0 aliphatic heterocycles. The topological polar surface area (TPSA) is 83.7 Å². The predicted octanol–water partition coefficient (Wildman–Crippen LogP) is -2.46. The van der Waals surface area contributed by atoms with Gasteiger partial charge in [0.1, 0.15) is 0 Å². The summed E-state index contributed by atoms with van der Waals surface area (Å²) in [6.07, 6.45) is 0. The molecule has 6 N–H and O–H groups in total. The molecule has 0 amide bonds.